The van der Waals surface area contributed by atoms with Gasteiger partial charge < -0.3 is 10.6 Å². The van der Waals surface area contributed by atoms with Crippen LogP contribution in [-0.4, -0.2) is 35.6 Å². The zero-order valence-corrected chi connectivity index (χ0v) is 10.3. The van der Waals surface area contributed by atoms with Crippen molar-refractivity contribution in [3.05, 3.63) is 11.9 Å². The van der Waals surface area contributed by atoms with Gasteiger partial charge in [-0.15, -0.1) is 0 Å². The van der Waals surface area contributed by atoms with E-state index < -0.39 is 0 Å². The van der Waals surface area contributed by atoms with Crippen LogP contribution in [0.15, 0.2) is 6.33 Å². The minimum absolute atomic E-state index is 0.886. The molecule has 0 saturated heterocycles. The van der Waals surface area contributed by atoms with E-state index in [0.717, 1.165) is 30.2 Å². The Kier molecular flexibility index (Phi) is 5.25. The van der Waals surface area contributed by atoms with Crippen LogP contribution in [0.4, 0.5) is 11.6 Å². The molecule has 84 valence electrons. The highest BCUT2D eigenvalue weighted by Crippen LogP contribution is 2.17. The SMILES string of the molecule is CNc1ncnc(NCCCSC)c1C. The lowest BCUT2D eigenvalue weighted by Gasteiger charge is -2.10. The molecule has 4 nitrogen and oxygen atoms in total. The highest BCUT2D eigenvalue weighted by Gasteiger charge is 2.03. The molecule has 1 rings (SSSR count). The van der Waals surface area contributed by atoms with Crippen molar-refractivity contribution in [2.75, 3.05) is 36.2 Å². The molecule has 0 bridgehead atoms. The summed E-state index contributed by atoms with van der Waals surface area (Å²) in [5.41, 5.74) is 1.07. The maximum absolute atomic E-state index is 4.22. The minimum atomic E-state index is 0.886. The van der Waals surface area contributed by atoms with Gasteiger partial charge in [0.25, 0.3) is 0 Å². The van der Waals surface area contributed by atoms with Crippen molar-refractivity contribution in [3.63, 3.8) is 0 Å². The molecular weight excluding hydrogens is 208 g/mol. The van der Waals surface area contributed by atoms with Crippen LogP contribution < -0.4 is 10.6 Å². The summed E-state index contributed by atoms with van der Waals surface area (Å²) in [6.07, 6.45) is 4.85. The molecule has 0 aromatic carbocycles. The summed E-state index contributed by atoms with van der Waals surface area (Å²) in [4.78, 5) is 8.35. The Morgan fingerprint density at radius 3 is 2.73 bits per heavy atom. The molecule has 15 heavy (non-hydrogen) atoms. The lowest BCUT2D eigenvalue weighted by Crippen LogP contribution is -2.08. The smallest absolute Gasteiger partial charge is 0.134 e. The van der Waals surface area contributed by atoms with Crippen molar-refractivity contribution in [2.24, 2.45) is 0 Å². The molecular formula is C10H18N4S. The predicted molar refractivity (Wildman–Crippen MR) is 67.8 cm³/mol. The second-order valence-corrected chi connectivity index (χ2v) is 4.20. The fraction of sp³-hybridized carbons (Fsp3) is 0.600. The van der Waals surface area contributed by atoms with E-state index in [1.54, 1.807) is 6.33 Å². The molecule has 0 unspecified atom stereocenters. The van der Waals surface area contributed by atoms with Crippen molar-refractivity contribution in [1.29, 1.82) is 0 Å². The normalized spacial score (nSPS) is 10.1. The number of rotatable bonds is 6. The Morgan fingerprint density at radius 1 is 1.33 bits per heavy atom. The topological polar surface area (TPSA) is 49.8 Å². The zero-order valence-electron chi connectivity index (χ0n) is 9.50. The number of aromatic nitrogens is 2. The van der Waals surface area contributed by atoms with Crippen LogP contribution in [0.2, 0.25) is 0 Å². The van der Waals surface area contributed by atoms with Gasteiger partial charge in [0.2, 0.25) is 0 Å². The van der Waals surface area contributed by atoms with Crippen molar-refractivity contribution in [2.45, 2.75) is 13.3 Å². The highest BCUT2D eigenvalue weighted by atomic mass is 32.2. The molecule has 0 aliphatic carbocycles. The van der Waals surface area contributed by atoms with E-state index in [2.05, 4.69) is 26.9 Å². The van der Waals surface area contributed by atoms with E-state index in [4.69, 9.17) is 0 Å². The summed E-state index contributed by atoms with van der Waals surface area (Å²) in [7, 11) is 1.87. The van der Waals surface area contributed by atoms with E-state index in [0.29, 0.717) is 0 Å². The third-order valence-corrected chi connectivity index (χ3v) is 2.84. The Balaban J connectivity index is 2.53. The number of thioether (sulfide) groups is 1. The van der Waals surface area contributed by atoms with Gasteiger partial charge in [-0.25, -0.2) is 9.97 Å². The summed E-state index contributed by atoms with van der Waals surface area (Å²) in [6.45, 7) is 2.98. The van der Waals surface area contributed by atoms with Gasteiger partial charge >= 0.3 is 0 Å². The monoisotopic (exact) mass is 226 g/mol. The first-order valence-corrected chi connectivity index (χ1v) is 6.41. The fourth-order valence-electron chi connectivity index (χ4n) is 1.30. The predicted octanol–water partition coefficient (Wildman–Crippen LogP) is 1.99. The minimum Gasteiger partial charge on any atom is -0.373 e. The molecule has 1 heterocycles. The summed E-state index contributed by atoms with van der Waals surface area (Å²) >= 11 is 1.86. The molecule has 0 aliphatic rings. The second-order valence-electron chi connectivity index (χ2n) is 3.22. The maximum atomic E-state index is 4.22. The van der Waals surface area contributed by atoms with E-state index in [1.807, 2.05) is 25.7 Å². The van der Waals surface area contributed by atoms with E-state index in [1.165, 1.54) is 5.75 Å². The zero-order chi connectivity index (χ0) is 11.1. The lowest BCUT2D eigenvalue weighted by molar-refractivity contribution is 0.970. The molecule has 0 atom stereocenters. The lowest BCUT2D eigenvalue weighted by atomic mass is 10.3. The van der Waals surface area contributed by atoms with Crippen molar-refractivity contribution in [1.82, 2.24) is 9.97 Å². The molecule has 0 fully saturated rings. The largest absolute Gasteiger partial charge is 0.373 e. The van der Waals surface area contributed by atoms with Gasteiger partial charge in [0.05, 0.1) is 0 Å². The van der Waals surface area contributed by atoms with Crippen LogP contribution in [0, 0.1) is 6.92 Å². The summed E-state index contributed by atoms with van der Waals surface area (Å²) in [5.74, 6) is 2.99. The molecule has 0 saturated carbocycles. The van der Waals surface area contributed by atoms with Crippen LogP contribution in [0.5, 0.6) is 0 Å². The Labute approximate surface area is 95.3 Å². The van der Waals surface area contributed by atoms with E-state index >= 15 is 0 Å². The number of nitrogens with one attached hydrogen (secondary N) is 2. The molecule has 0 radical (unpaired) electrons. The number of hydrogen-bond acceptors (Lipinski definition) is 5. The molecule has 1 aromatic heterocycles. The van der Waals surface area contributed by atoms with Crippen molar-refractivity contribution >= 4 is 23.4 Å². The van der Waals surface area contributed by atoms with Gasteiger partial charge in [-0.05, 0) is 25.4 Å². The van der Waals surface area contributed by atoms with Crippen molar-refractivity contribution in [3.8, 4) is 0 Å². The third-order valence-electron chi connectivity index (χ3n) is 2.14. The Morgan fingerprint density at radius 2 is 2.07 bits per heavy atom. The quantitative estimate of drug-likeness (QED) is 0.727. The number of nitrogens with zero attached hydrogens (tertiary/aromatic N) is 2. The average molecular weight is 226 g/mol. The summed E-state index contributed by atoms with van der Waals surface area (Å²) < 4.78 is 0. The molecule has 0 amide bonds. The van der Waals surface area contributed by atoms with E-state index in [-0.39, 0.29) is 0 Å². The Bertz CT molecular complexity index is 303. The van der Waals surface area contributed by atoms with Crippen LogP contribution >= 0.6 is 11.8 Å². The van der Waals surface area contributed by atoms with Crippen LogP contribution in [0.3, 0.4) is 0 Å². The van der Waals surface area contributed by atoms with Crippen LogP contribution in [0.25, 0.3) is 0 Å². The molecule has 0 spiro atoms. The average Bonchev–Trinajstić information content (AvgIpc) is 2.26. The van der Waals surface area contributed by atoms with Crippen molar-refractivity contribution < 1.29 is 0 Å². The number of hydrogen-bond donors (Lipinski definition) is 2. The second kappa shape index (κ2) is 6.50. The number of anilines is 2. The standard InChI is InChI=1S/C10H18N4S/c1-8-9(11-2)13-7-14-10(8)12-5-4-6-15-3/h7H,4-6H2,1-3H3,(H2,11,12,13,14). The maximum Gasteiger partial charge on any atom is 0.134 e. The van der Waals surface area contributed by atoms with Gasteiger partial charge in [-0.1, -0.05) is 0 Å². The molecule has 2 N–H and O–H groups in total. The van der Waals surface area contributed by atoms with Gasteiger partial charge in [0, 0.05) is 19.2 Å². The molecule has 5 heteroatoms. The Hall–Kier alpha value is -0.970. The highest BCUT2D eigenvalue weighted by molar-refractivity contribution is 7.98. The first kappa shape index (κ1) is 12.1. The molecule has 0 aliphatic heterocycles. The summed E-state index contributed by atoms with van der Waals surface area (Å²) in [6, 6.07) is 0. The third kappa shape index (κ3) is 3.58. The van der Waals surface area contributed by atoms with E-state index in [9.17, 15) is 0 Å². The summed E-state index contributed by atoms with van der Waals surface area (Å²) in [5, 5.41) is 6.36. The van der Waals surface area contributed by atoms with Crippen LogP contribution in [0.1, 0.15) is 12.0 Å². The first-order valence-electron chi connectivity index (χ1n) is 5.01. The van der Waals surface area contributed by atoms with Crippen LogP contribution in [-0.2, 0) is 0 Å². The van der Waals surface area contributed by atoms with Gasteiger partial charge in [-0.3, -0.25) is 0 Å². The van der Waals surface area contributed by atoms with Gasteiger partial charge in [0.15, 0.2) is 0 Å². The van der Waals surface area contributed by atoms with Gasteiger partial charge in [-0.2, -0.15) is 11.8 Å². The first-order chi connectivity index (χ1) is 7.29. The molecule has 1 aromatic rings. The van der Waals surface area contributed by atoms with Gasteiger partial charge in [0.1, 0.15) is 18.0 Å². The fourth-order valence-corrected chi connectivity index (χ4v) is 1.74.